The molecule has 0 heterocycles. The second-order valence-corrected chi connectivity index (χ2v) is 3.38. The van der Waals surface area contributed by atoms with Crippen LogP contribution in [0.4, 0.5) is 0 Å². The molecule has 0 aliphatic carbocycles. The van der Waals surface area contributed by atoms with E-state index in [1.54, 1.807) is 0 Å². The summed E-state index contributed by atoms with van der Waals surface area (Å²) in [5.41, 5.74) is 0. The summed E-state index contributed by atoms with van der Waals surface area (Å²) in [4.78, 5) is 0. The Morgan fingerprint density at radius 3 is 1.25 bits per heavy atom. The zero-order valence-electron chi connectivity index (χ0n) is 8.33. The summed E-state index contributed by atoms with van der Waals surface area (Å²) < 4.78 is 0. The SMILES string of the molecule is CC(C)C[N-]CC(C)C.Cl.Cl.[Ti]. The van der Waals surface area contributed by atoms with Gasteiger partial charge in [-0.05, 0) is 0 Å². The summed E-state index contributed by atoms with van der Waals surface area (Å²) in [5.74, 6) is 1.45. The van der Waals surface area contributed by atoms with Crippen molar-refractivity contribution in [2.75, 3.05) is 13.1 Å². The first-order valence-electron chi connectivity index (χ1n) is 3.76. The van der Waals surface area contributed by atoms with Crippen LogP contribution in [0.1, 0.15) is 27.7 Å². The molecule has 0 fully saturated rings. The largest absolute Gasteiger partial charge is 0.662 e. The molecule has 0 spiro atoms. The van der Waals surface area contributed by atoms with Crippen LogP contribution in [0.5, 0.6) is 0 Å². The van der Waals surface area contributed by atoms with Crippen molar-refractivity contribution in [2.24, 2.45) is 11.8 Å². The van der Waals surface area contributed by atoms with Crippen molar-refractivity contribution in [3.63, 3.8) is 0 Å². The summed E-state index contributed by atoms with van der Waals surface area (Å²) in [6, 6.07) is 0. The van der Waals surface area contributed by atoms with Gasteiger partial charge in [0.05, 0.1) is 0 Å². The molecule has 0 aromatic heterocycles. The van der Waals surface area contributed by atoms with Crippen molar-refractivity contribution >= 4 is 24.8 Å². The Morgan fingerprint density at radius 2 is 1.08 bits per heavy atom. The van der Waals surface area contributed by atoms with Gasteiger partial charge in [0.1, 0.15) is 0 Å². The van der Waals surface area contributed by atoms with Gasteiger partial charge in [-0.1, -0.05) is 39.5 Å². The van der Waals surface area contributed by atoms with Gasteiger partial charge in [-0.3, -0.25) is 0 Å². The topological polar surface area (TPSA) is 14.1 Å². The van der Waals surface area contributed by atoms with Crippen molar-refractivity contribution < 1.29 is 21.7 Å². The van der Waals surface area contributed by atoms with Crippen LogP contribution in [0, 0.1) is 11.8 Å². The van der Waals surface area contributed by atoms with Gasteiger partial charge >= 0.3 is 0 Å². The fourth-order valence-corrected chi connectivity index (χ4v) is 0.591. The molecular weight excluding hydrogens is 229 g/mol. The zero-order chi connectivity index (χ0) is 7.28. The Bertz CT molecular complexity index is 62.1. The summed E-state index contributed by atoms with van der Waals surface area (Å²) >= 11 is 0. The maximum absolute atomic E-state index is 4.37. The summed E-state index contributed by atoms with van der Waals surface area (Å²) in [7, 11) is 0. The molecule has 0 aliphatic rings. The number of nitrogens with zero attached hydrogens (tertiary/aromatic N) is 1. The van der Waals surface area contributed by atoms with E-state index in [9.17, 15) is 0 Å². The van der Waals surface area contributed by atoms with Gasteiger partial charge in [0, 0.05) is 21.7 Å². The van der Waals surface area contributed by atoms with Crippen LogP contribution in [0.2, 0.25) is 0 Å². The number of hydrogen-bond acceptors (Lipinski definition) is 0. The smallest absolute Gasteiger partial charge is 0 e. The normalized spacial score (nSPS) is 8.50. The summed E-state index contributed by atoms with van der Waals surface area (Å²) in [6.07, 6.45) is 0. The molecule has 0 bridgehead atoms. The minimum Gasteiger partial charge on any atom is -0.662 e. The minimum absolute atomic E-state index is 0. The van der Waals surface area contributed by atoms with Crippen LogP contribution in [-0.2, 0) is 21.7 Å². The third kappa shape index (κ3) is 22.5. The number of hydrogen-bond donors (Lipinski definition) is 0. The van der Waals surface area contributed by atoms with Gasteiger partial charge in [-0.15, -0.1) is 37.9 Å². The second-order valence-electron chi connectivity index (χ2n) is 3.38. The van der Waals surface area contributed by atoms with Gasteiger partial charge in [-0.2, -0.15) is 0 Å². The molecular formula is C8H20Cl2NTi-. The van der Waals surface area contributed by atoms with Crippen LogP contribution < -0.4 is 0 Å². The fourth-order valence-electron chi connectivity index (χ4n) is 0.591. The van der Waals surface area contributed by atoms with Crippen molar-refractivity contribution in [3.05, 3.63) is 5.32 Å². The predicted molar refractivity (Wildman–Crippen MR) is 57.3 cm³/mol. The minimum atomic E-state index is 0. The molecule has 4 heteroatoms. The van der Waals surface area contributed by atoms with E-state index < -0.39 is 0 Å². The van der Waals surface area contributed by atoms with E-state index in [1.807, 2.05) is 0 Å². The molecule has 12 heavy (non-hydrogen) atoms. The van der Waals surface area contributed by atoms with Crippen LogP contribution in [0.3, 0.4) is 0 Å². The standard InChI is InChI=1S/C8H18N.2ClH.Ti/c1-7(2)5-9-6-8(3)4;;;/h7-8H,5-6H2,1-4H3;2*1H;/q-1;;;. The number of halogens is 2. The Hall–Kier alpha value is 1.25. The Morgan fingerprint density at radius 1 is 0.833 bits per heavy atom. The number of rotatable bonds is 4. The third-order valence-corrected chi connectivity index (χ3v) is 0.988. The second kappa shape index (κ2) is 14.8. The molecule has 0 amide bonds. The zero-order valence-corrected chi connectivity index (χ0v) is 11.5. The predicted octanol–water partition coefficient (Wildman–Crippen LogP) is 3.51. The van der Waals surface area contributed by atoms with Gasteiger partial charge in [-0.25, -0.2) is 0 Å². The first-order chi connectivity index (χ1) is 4.13. The molecule has 0 rings (SSSR count). The van der Waals surface area contributed by atoms with Crippen molar-refractivity contribution in [1.82, 2.24) is 0 Å². The van der Waals surface area contributed by atoms with Crippen LogP contribution in [-0.4, -0.2) is 13.1 Å². The Balaban J connectivity index is -0.000000107. The first kappa shape index (κ1) is 23.2. The molecule has 0 aliphatic heterocycles. The van der Waals surface area contributed by atoms with E-state index in [1.165, 1.54) is 0 Å². The monoisotopic (exact) mass is 248 g/mol. The van der Waals surface area contributed by atoms with E-state index in [0.29, 0.717) is 0 Å². The molecule has 0 radical (unpaired) electrons. The molecule has 0 aromatic carbocycles. The molecule has 76 valence electrons. The molecule has 1 nitrogen and oxygen atoms in total. The maximum Gasteiger partial charge on any atom is 0 e. The fraction of sp³-hybridized carbons (Fsp3) is 1.00. The van der Waals surface area contributed by atoms with Crippen LogP contribution >= 0.6 is 24.8 Å². The molecule has 0 saturated heterocycles. The van der Waals surface area contributed by atoms with Gasteiger partial charge < -0.3 is 5.32 Å². The molecule has 0 aromatic rings. The third-order valence-electron chi connectivity index (χ3n) is 0.988. The van der Waals surface area contributed by atoms with E-state index >= 15 is 0 Å². The van der Waals surface area contributed by atoms with E-state index in [0.717, 1.165) is 24.9 Å². The van der Waals surface area contributed by atoms with E-state index in [2.05, 4.69) is 33.0 Å². The molecule has 0 atom stereocenters. The van der Waals surface area contributed by atoms with E-state index in [-0.39, 0.29) is 46.5 Å². The summed E-state index contributed by atoms with van der Waals surface area (Å²) in [6.45, 7) is 10.8. The van der Waals surface area contributed by atoms with Gasteiger partial charge in [0.25, 0.3) is 0 Å². The van der Waals surface area contributed by atoms with Gasteiger partial charge in [0.2, 0.25) is 0 Å². The molecule has 0 N–H and O–H groups in total. The van der Waals surface area contributed by atoms with Crippen molar-refractivity contribution in [1.29, 1.82) is 0 Å². The van der Waals surface area contributed by atoms with E-state index in [4.69, 9.17) is 0 Å². The maximum atomic E-state index is 4.37. The van der Waals surface area contributed by atoms with Crippen molar-refractivity contribution in [3.8, 4) is 0 Å². The average Bonchev–Trinajstić information content (AvgIpc) is 1.63. The Kier molecular flexibility index (Phi) is 28.6. The van der Waals surface area contributed by atoms with Crippen LogP contribution in [0.15, 0.2) is 0 Å². The first-order valence-corrected chi connectivity index (χ1v) is 3.76. The molecule has 0 saturated carbocycles. The molecule has 0 unspecified atom stereocenters. The summed E-state index contributed by atoms with van der Waals surface area (Å²) in [5, 5.41) is 4.37. The van der Waals surface area contributed by atoms with Gasteiger partial charge in [0.15, 0.2) is 0 Å². The quantitative estimate of drug-likeness (QED) is 0.677. The van der Waals surface area contributed by atoms with Crippen molar-refractivity contribution in [2.45, 2.75) is 27.7 Å². The Labute approximate surface area is 104 Å². The average molecular weight is 249 g/mol. The van der Waals surface area contributed by atoms with Crippen LogP contribution in [0.25, 0.3) is 5.32 Å².